The third kappa shape index (κ3) is 4.31. The van der Waals surface area contributed by atoms with E-state index in [1.54, 1.807) is 13.0 Å². The summed E-state index contributed by atoms with van der Waals surface area (Å²) in [6, 6.07) is 6.32. The van der Waals surface area contributed by atoms with Crippen molar-refractivity contribution in [3.63, 3.8) is 0 Å². The minimum atomic E-state index is -0.682. The van der Waals surface area contributed by atoms with E-state index in [0.29, 0.717) is 23.1 Å². The number of rotatable bonds is 5. The van der Waals surface area contributed by atoms with E-state index in [2.05, 4.69) is 47.6 Å². The quantitative estimate of drug-likeness (QED) is 0.362. The summed E-state index contributed by atoms with van der Waals surface area (Å²) < 4.78 is 35.3. The maximum atomic E-state index is 15.1. The van der Waals surface area contributed by atoms with E-state index < -0.39 is 11.6 Å². The third-order valence-electron chi connectivity index (χ3n) is 5.45. The van der Waals surface area contributed by atoms with Crippen molar-refractivity contribution in [3.05, 3.63) is 47.3 Å². The van der Waals surface area contributed by atoms with Gasteiger partial charge in [-0.3, -0.25) is 5.10 Å². The molecule has 0 spiro atoms. The van der Waals surface area contributed by atoms with E-state index in [1.807, 2.05) is 13.0 Å². The molecule has 1 aromatic carbocycles. The van der Waals surface area contributed by atoms with Gasteiger partial charge in [0.1, 0.15) is 11.6 Å². The fraction of sp³-hybridized carbons (Fsp3) is 0.318. The molecule has 4 aromatic rings. The largest absolute Gasteiger partial charge is 0.421 e. The normalized spacial score (nSPS) is 16.4. The van der Waals surface area contributed by atoms with Crippen LogP contribution < -0.4 is 20.3 Å². The predicted molar refractivity (Wildman–Crippen MR) is 121 cm³/mol. The van der Waals surface area contributed by atoms with Crippen molar-refractivity contribution in [1.29, 1.82) is 0 Å². The summed E-state index contributed by atoms with van der Waals surface area (Å²) in [5, 5.41) is 13.6. The Kier molecular flexibility index (Phi) is 5.33. The first-order chi connectivity index (χ1) is 15.9. The summed E-state index contributed by atoms with van der Waals surface area (Å²) in [4.78, 5) is 13.8. The van der Waals surface area contributed by atoms with Gasteiger partial charge in [-0.15, -0.1) is 0 Å². The first kappa shape index (κ1) is 21.1. The zero-order valence-electron chi connectivity index (χ0n) is 18.5. The molecule has 9 nitrogen and oxygen atoms in total. The molecule has 11 heteroatoms. The van der Waals surface area contributed by atoms with Crippen molar-refractivity contribution in [2.24, 2.45) is 0 Å². The number of H-pyrrole nitrogens is 2. The van der Waals surface area contributed by atoms with Crippen molar-refractivity contribution in [3.8, 4) is 11.8 Å². The van der Waals surface area contributed by atoms with Crippen molar-refractivity contribution in [2.75, 3.05) is 29.9 Å². The lowest BCUT2D eigenvalue weighted by Crippen LogP contribution is -2.49. The van der Waals surface area contributed by atoms with Gasteiger partial charge in [0.05, 0.1) is 5.52 Å². The maximum Gasteiger partial charge on any atom is 0.326 e. The standard InChI is InChI=1S/C22H24F2N8O/c1-11-6-14-20(24)16(8-15(23)21(14)26-11)33-22-28-17(27-18-7-12(2)30-31-18)9-19(29-22)32-5-4-25-13(3)10-32/h6-9,13,25-26H,4-5,10H2,1-3H3,(H2,27,28,29,30,31). The molecule has 4 heterocycles. The Labute approximate surface area is 188 Å². The monoisotopic (exact) mass is 454 g/mol. The molecular weight excluding hydrogens is 430 g/mol. The fourth-order valence-electron chi connectivity index (χ4n) is 3.94. The van der Waals surface area contributed by atoms with Crippen LogP contribution in [0.3, 0.4) is 0 Å². The van der Waals surface area contributed by atoms with E-state index in [4.69, 9.17) is 4.74 Å². The number of piperazine rings is 1. The highest BCUT2D eigenvalue weighted by Crippen LogP contribution is 2.33. The minimum Gasteiger partial charge on any atom is -0.421 e. The molecule has 0 aliphatic carbocycles. The Morgan fingerprint density at radius 1 is 1.09 bits per heavy atom. The number of nitrogens with one attached hydrogen (secondary N) is 4. The number of ether oxygens (including phenoxy) is 1. The lowest BCUT2D eigenvalue weighted by Gasteiger charge is -2.32. The Hall–Kier alpha value is -3.73. The van der Waals surface area contributed by atoms with Crippen LogP contribution in [0, 0.1) is 25.5 Å². The first-order valence-corrected chi connectivity index (χ1v) is 10.7. The van der Waals surface area contributed by atoms with Crippen LogP contribution in [0.15, 0.2) is 24.3 Å². The highest BCUT2D eigenvalue weighted by molar-refractivity contribution is 5.83. The van der Waals surface area contributed by atoms with Crippen molar-refractivity contribution in [1.82, 2.24) is 30.5 Å². The van der Waals surface area contributed by atoms with E-state index in [9.17, 15) is 4.39 Å². The molecule has 1 atom stereocenters. The molecule has 1 fully saturated rings. The highest BCUT2D eigenvalue weighted by Gasteiger charge is 2.21. The smallest absolute Gasteiger partial charge is 0.326 e. The summed E-state index contributed by atoms with van der Waals surface area (Å²) in [6.45, 7) is 7.97. The molecule has 3 aromatic heterocycles. The Balaban J connectivity index is 1.53. The van der Waals surface area contributed by atoms with Gasteiger partial charge in [-0.1, -0.05) is 0 Å². The van der Waals surface area contributed by atoms with Gasteiger partial charge in [-0.2, -0.15) is 15.1 Å². The van der Waals surface area contributed by atoms with E-state index in [1.165, 1.54) is 6.07 Å². The first-order valence-electron chi connectivity index (χ1n) is 10.7. The fourth-order valence-corrected chi connectivity index (χ4v) is 3.94. The van der Waals surface area contributed by atoms with Gasteiger partial charge in [0.25, 0.3) is 0 Å². The molecule has 0 bridgehead atoms. The molecule has 1 aliphatic heterocycles. The molecule has 1 saturated heterocycles. The maximum absolute atomic E-state index is 15.1. The number of aryl methyl sites for hydroxylation is 2. The van der Waals surface area contributed by atoms with Crippen molar-refractivity contribution < 1.29 is 13.5 Å². The van der Waals surface area contributed by atoms with E-state index >= 15 is 4.39 Å². The number of aromatic nitrogens is 5. The summed E-state index contributed by atoms with van der Waals surface area (Å²) in [7, 11) is 0. The average Bonchev–Trinajstić information content (AvgIpc) is 3.37. The lowest BCUT2D eigenvalue weighted by atomic mass is 10.2. The summed E-state index contributed by atoms with van der Waals surface area (Å²) in [6.07, 6.45) is 0. The van der Waals surface area contributed by atoms with Gasteiger partial charge in [0.15, 0.2) is 23.2 Å². The van der Waals surface area contributed by atoms with E-state index in [0.717, 1.165) is 31.4 Å². The van der Waals surface area contributed by atoms with Crippen LogP contribution in [0.1, 0.15) is 18.3 Å². The number of anilines is 3. The number of nitrogens with zero attached hydrogens (tertiary/aromatic N) is 4. The predicted octanol–water partition coefficient (Wildman–Crippen LogP) is 3.91. The van der Waals surface area contributed by atoms with Crippen LogP contribution in [0.25, 0.3) is 10.9 Å². The molecule has 0 saturated carbocycles. The SMILES string of the molecule is Cc1cc(Nc2cc(N3CCNC(C)C3)nc(Oc3cc(F)c4[nH]c(C)cc4c3F)n2)n[nH]1. The number of fused-ring (bicyclic) bond motifs is 1. The number of aromatic amines is 2. The third-order valence-corrected chi connectivity index (χ3v) is 5.45. The Morgan fingerprint density at radius 3 is 2.70 bits per heavy atom. The molecule has 0 radical (unpaired) electrons. The number of hydrogen-bond acceptors (Lipinski definition) is 7. The van der Waals surface area contributed by atoms with Crippen LogP contribution >= 0.6 is 0 Å². The second-order valence-electron chi connectivity index (χ2n) is 8.27. The van der Waals surface area contributed by atoms with Crippen LogP contribution in [0.5, 0.6) is 11.8 Å². The van der Waals surface area contributed by atoms with E-state index in [-0.39, 0.29) is 28.7 Å². The summed E-state index contributed by atoms with van der Waals surface area (Å²) in [5.41, 5.74) is 1.62. The highest BCUT2D eigenvalue weighted by atomic mass is 19.1. The van der Waals surface area contributed by atoms with Gasteiger partial charge in [0.2, 0.25) is 0 Å². The van der Waals surface area contributed by atoms with Crippen LogP contribution in [0.2, 0.25) is 0 Å². The molecular formula is C22H24F2N8O. The topological polar surface area (TPSA) is 107 Å². The van der Waals surface area contributed by atoms with Crippen molar-refractivity contribution >= 4 is 28.4 Å². The molecule has 0 amide bonds. The molecule has 33 heavy (non-hydrogen) atoms. The van der Waals surface area contributed by atoms with Crippen molar-refractivity contribution in [2.45, 2.75) is 26.8 Å². The second-order valence-corrected chi connectivity index (χ2v) is 8.27. The average molecular weight is 454 g/mol. The van der Waals surface area contributed by atoms with Gasteiger partial charge >= 0.3 is 6.01 Å². The second kappa shape index (κ2) is 8.32. The van der Waals surface area contributed by atoms with Gasteiger partial charge < -0.3 is 25.3 Å². The minimum absolute atomic E-state index is 0.0954. The molecule has 5 rings (SSSR count). The van der Waals surface area contributed by atoms with Crippen LogP contribution in [-0.2, 0) is 0 Å². The zero-order valence-corrected chi connectivity index (χ0v) is 18.5. The lowest BCUT2D eigenvalue weighted by molar-refractivity contribution is 0.409. The van der Waals surface area contributed by atoms with Gasteiger partial charge in [0, 0.05) is 60.6 Å². The molecule has 1 unspecified atom stereocenters. The van der Waals surface area contributed by atoms with Gasteiger partial charge in [-0.25, -0.2) is 8.78 Å². The Morgan fingerprint density at radius 2 is 1.94 bits per heavy atom. The molecule has 172 valence electrons. The van der Waals surface area contributed by atoms with Crippen LogP contribution in [-0.4, -0.2) is 50.8 Å². The summed E-state index contributed by atoms with van der Waals surface area (Å²) in [5.74, 6) is 0.0178. The zero-order chi connectivity index (χ0) is 23.1. The number of halogens is 2. The molecule has 1 aliphatic rings. The molecule has 4 N–H and O–H groups in total. The number of benzene rings is 1. The summed E-state index contributed by atoms with van der Waals surface area (Å²) >= 11 is 0. The van der Waals surface area contributed by atoms with Gasteiger partial charge in [-0.05, 0) is 26.8 Å². The van der Waals surface area contributed by atoms with Crippen LogP contribution in [0.4, 0.5) is 26.2 Å². The Bertz CT molecular complexity index is 1320. The number of hydrogen-bond donors (Lipinski definition) is 4.